The minimum absolute atomic E-state index is 0.635. The molecular formula is C14H12N2OS. The van der Waals surface area contributed by atoms with E-state index in [0.29, 0.717) is 0 Å². The van der Waals surface area contributed by atoms with Gasteiger partial charge in [0.1, 0.15) is 6.10 Å². The first-order valence-electron chi connectivity index (χ1n) is 5.70. The largest absolute Gasteiger partial charge is 0.383 e. The van der Waals surface area contributed by atoms with E-state index in [9.17, 15) is 5.11 Å². The molecule has 2 heterocycles. The van der Waals surface area contributed by atoms with Crippen molar-refractivity contribution in [1.29, 1.82) is 0 Å². The number of hydrogen-bond acceptors (Lipinski definition) is 4. The molecule has 0 fully saturated rings. The molecular weight excluding hydrogens is 244 g/mol. The van der Waals surface area contributed by atoms with Gasteiger partial charge in [0.25, 0.3) is 0 Å². The highest BCUT2D eigenvalue weighted by Crippen LogP contribution is 2.30. The summed E-state index contributed by atoms with van der Waals surface area (Å²) in [5, 5.41) is 10.4. The maximum Gasteiger partial charge on any atom is 0.115 e. The van der Waals surface area contributed by atoms with E-state index in [2.05, 4.69) is 9.97 Å². The number of fused-ring (bicyclic) bond motifs is 1. The lowest BCUT2D eigenvalue weighted by atomic mass is 10.1. The topological polar surface area (TPSA) is 46.0 Å². The minimum atomic E-state index is -0.635. The van der Waals surface area contributed by atoms with E-state index in [1.54, 1.807) is 23.7 Å². The van der Waals surface area contributed by atoms with Gasteiger partial charge < -0.3 is 5.11 Å². The molecule has 0 saturated heterocycles. The van der Waals surface area contributed by atoms with E-state index in [1.165, 1.54) is 4.88 Å². The molecule has 0 spiro atoms. The molecule has 0 aliphatic rings. The van der Waals surface area contributed by atoms with Crippen molar-refractivity contribution in [3.8, 4) is 0 Å². The third-order valence-electron chi connectivity index (χ3n) is 2.86. The third kappa shape index (κ3) is 1.89. The molecule has 3 nitrogen and oxygen atoms in total. The molecule has 3 rings (SSSR count). The smallest absolute Gasteiger partial charge is 0.115 e. The van der Waals surface area contributed by atoms with Crippen molar-refractivity contribution in [1.82, 2.24) is 9.97 Å². The fraction of sp³-hybridized carbons (Fsp3) is 0.143. The van der Waals surface area contributed by atoms with Crippen molar-refractivity contribution < 1.29 is 5.11 Å². The normalized spacial score (nSPS) is 12.8. The first-order valence-corrected chi connectivity index (χ1v) is 6.51. The third-order valence-corrected chi connectivity index (χ3v) is 3.91. The molecule has 2 aromatic heterocycles. The van der Waals surface area contributed by atoms with Gasteiger partial charge in [-0.25, -0.2) is 0 Å². The van der Waals surface area contributed by atoms with Crippen LogP contribution in [0.5, 0.6) is 0 Å². The summed E-state index contributed by atoms with van der Waals surface area (Å²) >= 11 is 1.60. The lowest BCUT2D eigenvalue weighted by molar-refractivity contribution is 0.225. The maximum absolute atomic E-state index is 10.4. The number of thiophene rings is 1. The predicted molar refractivity (Wildman–Crippen MR) is 72.7 cm³/mol. The van der Waals surface area contributed by atoms with Gasteiger partial charge in [0.2, 0.25) is 0 Å². The first kappa shape index (κ1) is 11.3. The van der Waals surface area contributed by atoms with E-state index < -0.39 is 6.10 Å². The lowest BCUT2D eigenvalue weighted by Gasteiger charge is -2.10. The van der Waals surface area contributed by atoms with E-state index >= 15 is 0 Å². The summed E-state index contributed by atoms with van der Waals surface area (Å²) in [4.78, 5) is 10.7. The molecule has 1 atom stereocenters. The van der Waals surface area contributed by atoms with Crippen LogP contribution >= 0.6 is 11.3 Å². The zero-order valence-electron chi connectivity index (χ0n) is 9.87. The van der Waals surface area contributed by atoms with Crippen molar-refractivity contribution in [2.24, 2.45) is 0 Å². The second-order valence-electron chi connectivity index (χ2n) is 4.12. The first-order chi connectivity index (χ1) is 8.75. The maximum atomic E-state index is 10.4. The number of aliphatic hydroxyl groups is 1. The molecule has 1 N–H and O–H groups in total. The van der Waals surface area contributed by atoms with Crippen LogP contribution in [0.4, 0.5) is 0 Å². The van der Waals surface area contributed by atoms with Crippen LogP contribution in [0.3, 0.4) is 0 Å². The van der Waals surface area contributed by atoms with Crippen LogP contribution in [0, 0.1) is 6.92 Å². The Bertz CT molecular complexity index is 688. The number of benzene rings is 1. The second kappa shape index (κ2) is 4.48. The fourth-order valence-corrected chi connectivity index (χ4v) is 2.87. The second-order valence-corrected chi connectivity index (χ2v) is 5.44. The minimum Gasteiger partial charge on any atom is -0.383 e. The van der Waals surface area contributed by atoms with Crippen molar-refractivity contribution >= 4 is 22.4 Å². The summed E-state index contributed by atoms with van der Waals surface area (Å²) in [5.74, 6) is 0. The van der Waals surface area contributed by atoms with Gasteiger partial charge in [-0.1, -0.05) is 12.1 Å². The van der Waals surface area contributed by atoms with Crippen molar-refractivity contribution in [2.75, 3.05) is 0 Å². The number of para-hydroxylation sites is 1. The van der Waals surface area contributed by atoms with Gasteiger partial charge in [-0.3, -0.25) is 9.97 Å². The molecule has 0 aliphatic carbocycles. The Balaban J connectivity index is 2.14. The fourth-order valence-electron chi connectivity index (χ4n) is 1.99. The molecule has 90 valence electrons. The van der Waals surface area contributed by atoms with Gasteiger partial charge in [-0.15, -0.1) is 11.3 Å². The zero-order chi connectivity index (χ0) is 12.5. The molecule has 0 radical (unpaired) electrons. The molecule has 1 unspecified atom stereocenters. The Morgan fingerprint density at radius 1 is 1.11 bits per heavy atom. The molecule has 0 saturated carbocycles. The quantitative estimate of drug-likeness (QED) is 0.766. The SMILES string of the molecule is Cc1ccc(C(O)c2cccc3nccnc23)s1. The Morgan fingerprint density at radius 2 is 1.94 bits per heavy atom. The molecule has 3 aromatic rings. The summed E-state index contributed by atoms with van der Waals surface area (Å²) in [6.07, 6.45) is 2.68. The van der Waals surface area contributed by atoms with E-state index in [-0.39, 0.29) is 0 Å². The number of nitrogens with zero attached hydrogens (tertiary/aromatic N) is 2. The van der Waals surface area contributed by atoms with Crippen LogP contribution in [-0.4, -0.2) is 15.1 Å². The van der Waals surface area contributed by atoms with Gasteiger partial charge in [0, 0.05) is 27.7 Å². The summed E-state index contributed by atoms with van der Waals surface area (Å²) < 4.78 is 0. The predicted octanol–water partition coefficient (Wildman–Crippen LogP) is 3.08. The average Bonchev–Trinajstić information content (AvgIpc) is 2.84. The average molecular weight is 256 g/mol. The summed E-state index contributed by atoms with van der Waals surface area (Å²) in [6.45, 7) is 2.03. The summed E-state index contributed by atoms with van der Waals surface area (Å²) in [6, 6.07) is 9.67. The molecule has 1 aromatic carbocycles. The van der Waals surface area contributed by atoms with E-state index in [4.69, 9.17) is 0 Å². The number of hydrogen-bond donors (Lipinski definition) is 1. The van der Waals surface area contributed by atoms with E-state index in [1.807, 2.05) is 37.3 Å². The number of aryl methyl sites for hydroxylation is 1. The Kier molecular flexibility index (Phi) is 2.81. The monoisotopic (exact) mass is 256 g/mol. The molecule has 0 aliphatic heterocycles. The van der Waals surface area contributed by atoms with Gasteiger partial charge in [-0.2, -0.15) is 0 Å². The highest BCUT2D eigenvalue weighted by Gasteiger charge is 2.16. The molecule has 4 heteroatoms. The van der Waals surface area contributed by atoms with Gasteiger partial charge in [0.05, 0.1) is 11.0 Å². The van der Waals surface area contributed by atoms with Gasteiger partial charge in [0.15, 0.2) is 0 Å². The number of aromatic nitrogens is 2. The standard InChI is InChI=1S/C14H12N2OS/c1-9-5-6-12(18-9)14(17)10-3-2-4-11-13(10)16-8-7-15-11/h2-8,14,17H,1H3. The van der Waals surface area contributed by atoms with Crippen LogP contribution in [0.2, 0.25) is 0 Å². The lowest BCUT2D eigenvalue weighted by Crippen LogP contribution is -1.99. The highest BCUT2D eigenvalue weighted by molar-refractivity contribution is 7.12. The van der Waals surface area contributed by atoms with Crippen molar-refractivity contribution in [2.45, 2.75) is 13.0 Å². The number of rotatable bonds is 2. The van der Waals surface area contributed by atoms with E-state index in [0.717, 1.165) is 21.5 Å². The highest BCUT2D eigenvalue weighted by atomic mass is 32.1. The van der Waals surface area contributed by atoms with Gasteiger partial charge in [-0.05, 0) is 25.1 Å². The summed E-state index contributed by atoms with van der Waals surface area (Å²) in [5.41, 5.74) is 2.38. The Hall–Kier alpha value is -1.78. The Labute approximate surface area is 109 Å². The van der Waals surface area contributed by atoms with Crippen molar-refractivity contribution in [3.63, 3.8) is 0 Å². The van der Waals surface area contributed by atoms with Crippen molar-refractivity contribution in [3.05, 3.63) is 58.0 Å². The molecule has 18 heavy (non-hydrogen) atoms. The number of aliphatic hydroxyl groups excluding tert-OH is 1. The van der Waals surface area contributed by atoms with Crippen LogP contribution in [0.15, 0.2) is 42.7 Å². The summed E-state index contributed by atoms with van der Waals surface area (Å²) in [7, 11) is 0. The van der Waals surface area contributed by atoms with Crippen LogP contribution < -0.4 is 0 Å². The van der Waals surface area contributed by atoms with Crippen LogP contribution in [0.25, 0.3) is 11.0 Å². The zero-order valence-corrected chi connectivity index (χ0v) is 10.7. The van der Waals surface area contributed by atoms with Gasteiger partial charge >= 0.3 is 0 Å². The van der Waals surface area contributed by atoms with Crippen LogP contribution in [-0.2, 0) is 0 Å². The Morgan fingerprint density at radius 3 is 2.72 bits per heavy atom. The molecule has 0 bridgehead atoms. The molecule has 0 amide bonds. The van der Waals surface area contributed by atoms with Crippen LogP contribution in [0.1, 0.15) is 21.4 Å².